The molecule has 1 saturated carbocycles. The predicted molar refractivity (Wildman–Crippen MR) is 179 cm³/mol. The van der Waals surface area contributed by atoms with Gasteiger partial charge in [0.2, 0.25) is 0 Å². The molecule has 3 aliphatic rings. The Morgan fingerprint density at radius 1 is 0.659 bits per heavy atom. The first kappa shape index (κ1) is 28.5. The van der Waals surface area contributed by atoms with Gasteiger partial charge < -0.3 is 8.80 Å². The van der Waals surface area contributed by atoms with Crippen LogP contribution in [0.5, 0.6) is 0 Å². The van der Waals surface area contributed by atoms with Crippen molar-refractivity contribution in [2.45, 2.75) is 89.9 Å². The largest absolute Gasteiger partial charge is 0.304 e. The Balaban J connectivity index is 0.000000135. The van der Waals surface area contributed by atoms with Gasteiger partial charge >= 0.3 is 0 Å². The molecule has 0 radical (unpaired) electrons. The number of hydrogen-bond acceptors (Lipinski definition) is 4. The minimum atomic E-state index is -0.180. The quantitative estimate of drug-likeness (QED) is 0.169. The summed E-state index contributed by atoms with van der Waals surface area (Å²) in [7, 11) is 0. The highest BCUT2D eigenvalue weighted by atomic mass is 16.1. The minimum Gasteiger partial charge on any atom is -0.304 e. The molecule has 6 heteroatoms. The molecule has 0 N–H and O–H groups in total. The van der Waals surface area contributed by atoms with Crippen molar-refractivity contribution in [3.8, 4) is 0 Å². The van der Waals surface area contributed by atoms with E-state index >= 15 is 0 Å². The van der Waals surface area contributed by atoms with E-state index < -0.39 is 0 Å². The molecule has 2 unspecified atom stereocenters. The number of pyridine rings is 2. The molecule has 0 amide bonds. The lowest BCUT2D eigenvalue weighted by atomic mass is 9.81. The van der Waals surface area contributed by atoms with Gasteiger partial charge in [0, 0.05) is 58.0 Å². The van der Waals surface area contributed by atoms with Crippen LogP contribution in [0.3, 0.4) is 0 Å². The Morgan fingerprint density at radius 3 is 1.84 bits per heavy atom. The van der Waals surface area contributed by atoms with Crippen molar-refractivity contribution < 1.29 is 0 Å². The maximum atomic E-state index is 11.8. The molecule has 3 aliphatic carbocycles. The monoisotopic (exact) mass is 584 g/mol. The van der Waals surface area contributed by atoms with Crippen LogP contribution in [0.4, 0.5) is 0 Å². The van der Waals surface area contributed by atoms with Crippen LogP contribution >= 0.6 is 0 Å². The molecule has 0 spiro atoms. The van der Waals surface area contributed by atoms with Crippen LogP contribution in [0.1, 0.15) is 102 Å². The van der Waals surface area contributed by atoms with Gasteiger partial charge in [-0.2, -0.15) is 9.97 Å². The maximum absolute atomic E-state index is 11.8. The first-order valence-corrected chi connectivity index (χ1v) is 16.0. The molecule has 224 valence electrons. The van der Waals surface area contributed by atoms with Gasteiger partial charge in [-0.25, -0.2) is 0 Å². The second-order valence-corrected chi connectivity index (χ2v) is 13.7. The van der Waals surface area contributed by atoms with Gasteiger partial charge in [0.15, 0.2) is 0 Å². The topological polar surface area (TPSA) is 68.7 Å². The van der Waals surface area contributed by atoms with Crippen LogP contribution in [0, 0.1) is 0 Å². The van der Waals surface area contributed by atoms with Crippen molar-refractivity contribution in [1.29, 1.82) is 0 Å². The van der Waals surface area contributed by atoms with E-state index in [1.807, 2.05) is 38.4 Å². The van der Waals surface area contributed by atoms with Gasteiger partial charge in [-0.15, -0.1) is 0 Å². The number of aromatic nitrogens is 4. The Morgan fingerprint density at radius 2 is 1.18 bits per heavy atom. The molecule has 6 aromatic rings. The molecule has 0 saturated heterocycles. The highest BCUT2D eigenvalue weighted by Crippen LogP contribution is 2.55. The van der Waals surface area contributed by atoms with E-state index in [1.54, 1.807) is 12.1 Å². The summed E-state index contributed by atoms with van der Waals surface area (Å²) in [6.45, 7) is 13.2. The second-order valence-electron chi connectivity index (χ2n) is 13.7. The maximum Gasteiger partial charge on any atom is 0.273 e. The molecule has 0 aliphatic heterocycles. The van der Waals surface area contributed by atoms with Crippen molar-refractivity contribution >= 4 is 32.8 Å². The summed E-state index contributed by atoms with van der Waals surface area (Å²) >= 11 is 0. The van der Waals surface area contributed by atoms with Gasteiger partial charge in [0.1, 0.15) is 11.3 Å². The third-order valence-corrected chi connectivity index (χ3v) is 9.96. The van der Waals surface area contributed by atoms with E-state index in [1.165, 1.54) is 52.5 Å². The summed E-state index contributed by atoms with van der Waals surface area (Å²) < 4.78 is 4.30. The second kappa shape index (κ2) is 10.1. The zero-order valence-electron chi connectivity index (χ0n) is 26.5. The van der Waals surface area contributed by atoms with Crippen LogP contribution in [-0.4, -0.2) is 18.8 Å². The Bertz CT molecular complexity index is 2220. The van der Waals surface area contributed by atoms with Gasteiger partial charge in [-0.1, -0.05) is 90.1 Å². The summed E-state index contributed by atoms with van der Waals surface area (Å²) in [6, 6.07) is 19.8. The van der Waals surface area contributed by atoms with Crippen LogP contribution in [0.25, 0.3) is 32.8 Å². The fourth-order valence-corrected chi connectivity index (χ4v) is 8.85. The first-order valence-electron chi connectivity index (χ1n) is 16.0. The van der Waals surface area contributed by atoms with Crippen molar-refractivity contribution in [2.24, 2.45) is 0 Å². The first-order chi connectivity index (χ1) is 21.1. The normalized spacial score (nSPS) is 20.2. The molecule has 44 heavy (non-hydrogen) atoms. The van der Waals surface area contributed by atoms with Gasteiger partial charge in [0.05, 0.1) is 0 Å². The zero-order valence-corrected chi connectivity index (χ0v) is 26.5. The predicted octanol–water partition coefficient (Wildman–Crippen LogP) is 8.05. The average Bonchev–Trinajstić information content (AvgIpc) is 3.69. The Hall–Kier alpha value is -4.32. The lowest BCUT2D eigenvalue weighted by Crippen LogP contribution is -2.20. The van der Waals surface area contributed by atoms with E-state index in [-0.39, 0.29) is 21.9 Å². The summed E-state index contributed by atoms with van der Waals surface area (Å²) in [5, 5.41) is 4.69. The molecule has 6 nitrogen and oxygen atoms in total. The summed E-state index contributed by atoms with van der Waals surface area (Å²) in [6.07, 6.45) is 8.74. The van der Waals surface area contributed by atoms with Crippen LogP contribution in [-0.2, 0) is 10.8 Å². The molecule has 2 bridgehead atoms. The molecule has 4 heterocycles. The highest BCUT2D eigenvalue weighted by Gasteiger charge is 2.45. The molecule has 2 aromatic carbocycles. The van der Waals surface area contributed by atoms with Crippen molar-refractivity contribution in [3.05, 3.63) is 116 Å². The summed E-state index contributed by atoms with van der Waals surface area (Å²) in [5.74, 6) is 1.34. The number of benzene rings is 2. The van der Waals surface area contributed by atoms with E-state index in [0.29, 0.717) is 11.8 Å². The highest BCUT2D eigenvalue weighted by molar-refractivity contribution is 5.98. The van der Waals surface area contributed by atoms with Crippen molar-refractivity contribution in [2.75, 3.05) is 0 Å². The number of nitrogens with zero attached hydrogens (tertiary/aromatic N) is 4. The third-order valence-electron chi connectivity index (χ3n) is 9.96. The van der Waals surface area contributed by atoms with Crippen LogP contribution < -0.4 is 11.1 Å². The van der Waals surface area contributed by atoms with Crippen LogP contribution in [0.15, 0.2) is 82.6 Å². The SMILES string of the molecule is CC.CC1(C)CC(C)(C)c2c1c1ccccc1c1nc(=O)ccn21.O=c1ccn2c3c(c4ccccc4c2n1)C1CCC3C1. The molecule has 4 aromatic heterocycles. The van der Waals surface area contributed by atoms with Crippen molar-refractivity contribution in [3.63, 3.8) is 0 Å². The van der Waals surface area contributed by atoms with E-state index in [4.69, 9.17) is 0 Å². The number of fused-ring (bicyclic) bond motifs is 16. The number of hydrogen-bond donors (Lipinski definition) is 0. The number of rotatable bonds is 0. The molecular weight excluding hydrogens is 544 g/mol. The summed E-state index contributed by atoms with van der Waals surface area (Å²) in [5.41, 5.74) is 7.01. The van der Waals surface area contributed by atoms with E-state index in [0.717, 1.165) is 28.5 Å². The minimum absolute atomic E-state index is 0.0534. The molecule has 9 rings (SSSR count). The Kier molecular flexibility index (Phi) is 6.54. The Labute approximate surface area is 257 Å². The lowest BCUT2D eigenvalue weighted by Gasteiger charge is -2.22. The average molecular weight is 585 g/mol. The standard InChI is InChI=1S/C19H20N2O.C17H14N2O.C2H6/c1-18(2)11-19(3,4)16-15(18)12-7-5-6-8-13(12)17-20-14(22)9-10-21(16)17;20-14-7-8-19-16-11-6-5-10(9-11)15(16)12-3-1-2-4-13(12)17(19)18-14;1-2/h5-10H,11H2,1-4H3;1-4,7-8,10-11H,5-6,9H2;1-2H3. The lowest BCUT2D eigenvalue weighted by molar-refractivity contribution is 0.398. The third kappa shape index (κ3) is 4.14. The smallest absolute Gasteiger partial charge is 0.273 e. The molecular formula is C38H40N4O2. The fourth-order valence-electron chi connectivity index (χ4n) is 8.85. The zero-order chi connectivity index (χ0) is 31.0. The molecule has 2 atom stereocenters. The molecule has 1 fully saturated rings. The van der Waals surface area contributed by atoms with Gasteiger partial charge in [-0.3, -0.25) is 9.59 Å². The van der Waals surface area contributed by atoms with E-state index in [9.17, 15) is 9.59 Å². The van der Waals surface area contributed by atoms with Gasteiger partial charge in [0.25, 0.3) is 11.1 Å². The van der Waals surface area contributed by atoms with Crippen molar-refractivity contribution in [1.82, 2.24) is 18.8 Å². The van der Waals surface area contributed by atoms with E-state index in [2.05, 4.69) is 82.9 Å². The van der Waals surface area contributed by atoms with Crippen LogP contribution in [0.2, 0.25) is 0 Å². The van der Waals surface area contributed by atoms with Gasteiger partial charge in [-0.05, 0) is 58.9 Å². The fraction of sp³-hybridized carbons (Fsp3) is 0.368. The summed E-state index contributed by atoms with van der Waals surface area (Å²) in [4.78, 5) is 32.0.